The number of hydrogen-bond acceptors (Lipinski definition) is 2. The van der Waals surface area contributed by atoms with Crippen LogP contribution in [0.3, 0.4) is 0 Å². The Hall–Kier alpha value is -9.22. The van der Waals surface area contributed by atoms with Crippen molar-refractivity contribution in [1.82, 2.24) is 8.80 Å². The molecule has 5 heterocycles. The van der Waals surface area contributed by atoms with Gasteiger partial charge in [0.25, 0.3) is 0 Å². The summed E-state index contributed by atoms with van der Waals surface area (Å²) < 4.78 is 8.02. The first-order chi connectivity index (χ1) is 45.4. The maximum absolute atomic E-state index is 2.69. The van der Waals surface area contributed by atoms with Crippen molar-refractivity contribution in [3.63, 3.8) is 0 Å². The van der Waals surface area contributed by atoms with Crippen LogP contribution in [-0.4, -0.2) is 8.80 Å². The highest BCUT2D eigenvalue weighted by atomic mass is 32.1. The molecule has 11 aromatic carbocycles. The van der Waals surface area contributed by atoms with E-state index >= 15 is 0 Å². The molecule has 3 nitrogen and oxygen atoms in total. The third-order valence-electron chi connectivity index (χ3n) is 21.0. The van der Waals surface area contributed by atoms with Crippen molar-refractivity contribution in [2.24, 2.45) is 0 Å². The number of thiophene rings is 1. The molecule has 0 spiro atoms. The van der Waals surface area contributed by atoms with Crippen LogP contribution in [0.2, 0.25) is 0 Å². The second-order valence-corrected chi connectivity index (χ2v) is 35.1. The molecule has 0 amide bonds. The van der Waals surface area contributed by atoms with E-state index in [1.165, 1.54) is 163 Å². The van der Waals surface area contributed by atoms with E-state index in [4.69, 9.17) is 0 Å². The Balaban J connectivity index is 1.08. The number of benzene rings is 11. The maximum Gasteiger partial charge on any atom is 0.0728 e. The van der Waals surface area contributed by atoms with Gasteiger partial charge in [0, 0.05) is 70.4 Å². The number of rotatable bonds is 7. The van der Waals surface area contributed by atoms with Gasteiger partial charge in [-0.1, -0.05) is 246 Å². The number of aromatic nitrogens is 2. The molecule has 5 aromatic heterocycles. The molecule has 478 valence electrons. The van der Waals surface area contributed by atoms with E-state index in [0.717, 1.165) is 17.1 Å². The van der Waals surface area contributed by atoms with Crippen LogP contribution in [-0.2, 0) is 32.5 Å². The fourth-order valence-electron chi connectivity index (χ4n) is 15.3. The molecule has 0 radical (unpaired) electrons. The van der Waals surface area contributed by atoms with Crippen LogP contribution in [0.1, 0.15) is 158 Å². The zero-order chi connectivity index (χ0) is 67.2. The van der Waals surface area contributed by atoms with Crippen molar-refractivity contribution in [3.8, 4) is 44.5 Å². The topological polar surface area (TPSA) is 12.1 Å². The lowest BCUT2D eigenvalue weighted by atomic mass is 9.78. The molecule has 0 saturated carbocycles. The monoisotopic (exact) mass is 1270 g/mol. The number of nitrogens with zero attached hydrogens (tertiary/aromatic N) is 3. The summed E-state index contributed by atoms with van der Waals surface area (Å²) in [5.41, 5.74) is 28.5. The van der Waals surface area contributed by atoms with Gasteiger partial charge in [0.2, 0.25) is 0 Å². The summed E-state index contributed by atoms with van der Waals surface area (Å²) in [5.74, 6) is 0. The highest BCUT2D eigenvalue weighted by molar-refractivity contribution is 7.26. The van der Waals surface area contributed by atoms with Crippen LogP contribution in [0.25, 0.3) is 130 Å². The number of hydrogen-bond donors (Lipinski definition) is 0. The highest BCUT2D eigenvalue weighted by Crippen LogP contribution is 2.54. The average molecular weight is 1270 g/mol. The van der Waals surface area contributed by atoms with Crippen molar-refractivity contribution in [1.29, 1.82) is 0 Å². The molecule has 0 fully saturated rings. The van der Waals surface area contributed by atoms with E-state index in [2.05, 4.69) is 351 Å². The van der Waals surface area contributed by atoms with Crippen molar-refractivity contribution < 1.29 is 0 Å². The van der Waals surface area contributed by atoms with Crippen molar-refractivity contribution >= 4 is 114 Å². The molecule has 0 aliphatic rings. The largest absolute Gasteiger partial charge is 0.311 e. The molecule has 16 aromatic rings. The van der Waals surface area contributed by atoms with Gasteiger partial charge in [-0.2, -0.15) is 0 Å². The van der Waals surface area contributed by atoms with Crippen molar-refractivity contribution in [2.45, 2.75) is 157 Å². The summed E-state index contributed by atoms with van der Waals surface area (Å²) in [7, 11) is 0. The minimum Gasteiger partial charge on any atom is -0.311 e. The predicted octanol–water partition coefficient (Wildman–Crippen LogP) is 27.1. The number of anilines is 3. The van der Waals surface area contributed by atoms with Crippen LogP contribution in [0, 0.1) is 0 Å². The lowest BCUT2D eigenvalue weighted by Gasteiger charge is -2.26. The third kappa shape index (κ3) is 9.93. The van der Waals surface area contributed by atoms with Gasteiger partial charge < -0.3 is 13.7 Å². The van der Waals surface area contributed by atoms with E-state index in [0.29, 0.717) is 0 Å². The summed E-state index contributed by atoms with van der Waals surface area (Å²) >= 11 is 1.94. The number of fused-ring (bicyclic) bond motifs is 15. The standard InChI is InChI=1S/C92H89N3S/c1-87(2,3)61-39-55(40-62(51-61)88(4,5)6)58-45-71(54-33-35-69(36-34-54)93(67-27-21-19-22-28-67)68-29-23-20-24-30-68)82-72(46-58)73-47-59(56-41-63(89(7,8)9)52-64(42-56)90(10,11)12)48-74-80-77(94(82)83(73)74)37-38-78-81(80)75-49-60(57-43-65(91(13,14)15)53-66(44-57)92(16,17)18)50-76-84(75)95(78)85-70-31-25-26-32-79(70)96-86(76)85/h19-53H,1-18H3. The van der Waals surface area contributed by atoms with Crippen LogP contribution in [0.4, 0.5) is 17.1 Å². The zero-order valence-corrected chi connectivity index (χ0v) is 60.3. The minimum atomic E-state index is -0.0759. The van der Waals surface area contributed by atoms with Crippen LogP contribution in [0.15, 0.2) is 212 Å². The average Bonchev–Trinajstić information content (AvgIpc) is 1.50. The molecule has 0 aliphatic carbocycles. The lowest BCUT2D eigenvalue weighted by Crippen LogP contribution is -2.16. The molecule has 4 heteroatoms. The Morgan fingerprint density at radius 1 is 0.260 bits per heavy atom. The summed E-state index contributed by atoms with van der Waals surface area (Å²) in [6.45, 7) is 42.5. The van der Waals surface area contributed by atoms with Crippen LogP contribution in [0.5, 0.6) is 0 Å². The second-order valence-electron chi connectivity index (χ2n) is 34.0. The van der Waals surface area contributed by atoms with Crippen molar-refractivity contribution in [3.05, 3.63) is 246 Å². The summed E-state index contributed by atoms with van der Waals surface area (Å²) in [6, 6.07) is 82.7. The predicted molar refractivity (Wildman–Crippen MR) is 420 cm³/mol. The Bertz CT molecular complexity index is 5650. The van der Waals surface area contributed by atoms with Crippen LogP contribution < -0.4 is 4.90 Å². The molecule has 0 saturated heterocycles. The first kappa shape index (κ1) is 61.6. The van der Waals surface area contributed by atoms with Gasteiger partial charge in [-0.05, 0) is 196 Å². The molecule has 0 unspecified atom stereocenters. The molecular weight excluding hydrogens is 1180 g/mol. The summed E-state index contributed by atoms with van der Waals surface area (Å²) in [4.78, 5) is 2.37. The Kier molecular flexibility index (Phi) is 13.6. The maximum atomic E-state index is 2.69. The third-order valence-corrected chi connectivity index (χ3v) is 22.2. The molecule has 0 N–H and O–H groups in total. The van der Waals surface area contributed by atoms with E-state index in [1.807, 2.05) is 11.3 Å². The van der Waals surface area contributed by atoms with E-state index in [1.54, 1.807) is 0 Å². The Morgan fingerprint density at radius 3 is 1.02 bits per heavy atom. The van der Waals surface area contributed by atoms with Crippen molar-refractivity contribution in [2.75, 3.05) is 4.90 Å². The second kappa shape index (κ2) is 21.1. The minimum absolute atomic E-state index is 0.0444. The fraction of sp³-hybridized carbons (Fsp3) is 0.261. The fourth-order valence-corrected chi connectivity index (χ4v) is 16.5. The summed E-state index contributed by atoms with van der Waals surface area (Å²) in [6.07, 6.45) is 0. The molecule has 0 bridgehead atoms. The smallest absolute Gasteiger partial charge is 0.0728 e. The number of para-hydroxylation sites is 2. The van der Waals surface area contributed by atoms with E-state index < -0.39 is 0 Å². The molecule has 0 atom stereocenters. The molecule has 96 heavy (non-hydrogen) atoms. The van der Waals surface area contributed by atoms with E-state index in [9.17, 15) is 0 Å². The van der Waals surface area contributed by atoms with Crippen LogP contribution >= 0.6 is 11.3 Å². The zero-order valence-electron chi connectivity index (χ0n) is 59.5. The van der Waals surface area contributed by atoms with Gasteiger partial charge in [0.15, 0.2) is 0 Å². The SMILES string of the molecule is CC(C)(C)c1cc(-c2cc(-c3ccc(N(c4ccccc4)c4ccccc4)cc3)c3c(c2)c2cc(-c4cc(C(C)(C)C)cc(C(C)(C)C)c4)cc4c5c6c7cc(-c8cc(C(C)(C)C)cc(C(C)(C)C)c8)cc8c9sc%10ccccc%10c9n(c6ccc5n3c24)c87)cc(C(C)(C)C)c1. The molecule has 16 rings (SSSR count). The Labute approximate surface area is 571 Å². The summed E-state index contributed by atoms with van der Waals surface area (Å²) in [5, 5.41) is 10.3. The normalized spacial score (nSPS) is 13.3. The van der Waals surface area contributed by atoms with Gasteiger partial charge in [0.05, 0.1) is 37.8 Å². The highest BCUT2D eigenvalue weighted by Gasteiger charge is 2.32. The lowest BCUT2D eigenvalue weighted by molar-refractivity contribution is 0.568. The van der Waals surface area contributed by atoms with Gasteiger partial charge in [-0.25, -0.2) is 0 Å². The van der Waals surface area contributed by atoms with E-state index in [-0.39, 0.29) is 32.5 Å². The van der Waals surface area contributed by atoms with Gasteiger partial charge in [0.1, 0.15) is 0 Å². The molecule has 0 aliphatic heterocycles. The first-order valence-corrected chi connectivity index (χ1v) is 35.5. The van der Waals surface area contributed by atoms with Gasteiger partial charge in [-0.15, -0.1) is 11.3 Å². The van der Waals surface area contributed by atoms with Gasteiger partial charge in [-0.3, -0.25) is 0 Å². The van der Waals surface area contributed by atoms with Gasteiger partial charge >= 0.3 is 0 Å². The molecular formula is C92H89N3S. The Morgan fingerprint density at radius 2 is 0.594 bits per heavy atom. The quantitative estimate of drug-likeness (QED) is 0.155. The first-order valence-electron chi connectivity index (χ1n) is 34.7.